The van der Waals surface area contributed by atoms with Gasteiger partial charge in [0.1, 0.15) is 5.75 Å². The van der Waals surface area contributed by atoms with Crippen LogP contribution in [0.1, 0.15) is 35.7 Å². The van der Waals surface area contributed by atoms with Gasteiger partial charge < -0.3 is 10.1 Å². The molecule has 32 heavy (non-hydrogen) atoms. The summed E-state index contributed by atoms with van der Waals surface area (Å²) in [5.41, 5.74) is 2.71. The molecule has 1 heterocycles. The van der Waals surface area contributed by atoms with Crippen LogP contribution < -0.4 is 14.4 Å². The highest BCUT2D eigenvalue weighted by Gasteiger charge is 2.30. The second kappa shape index (κ2) is 9.44. The fourth-order valence-electron chi connectivity index (χ4n) is 3.70. The second-order valence-electron chi connectivity index (χ2n) is 7.63. The van der Waals surface area contributed by atoms with Gasteiger partial charge in [-0.2, -0.15) is 0 Å². The van der Waals surface area contributed by atoms with Crippen LogP contribution in [-0.2, 0) is 16.4 Å². The molecule has 0 unspecified atom stereocenters. The Hall–Kier alpha value is -3.32. The molecular weight excluding hydrogens is 424 g/mol. The van der Waals surface area contributed by atoms with Crippen molar-refractivity contribution < 1.29 is 17.9 Å². The number of ether oxygens (including phenoxy) is 1. The van der Waals surface area contributed by atoms with Crippen LogP contribution in [0, 0.1) is 0 Å². The standard InChI is InChI=1S/C25H26N2O4S/c1-2-3-18-31-24-11-7-5-9-22(24)25(28)26-20-12-14-21(15-13-20)32(29,30)27-17-16-19-8-4-6-10-23(19)27/h4-15H,2-3,16-18H2,1H3,(H,26,28). The number of rotatable bonds is 8. The maximum Gasteiger partial charge on any atom is 0.264 e. The van der Waals surface area contributed by atoms with E-state index in [1.165, 1.54) is 16.4 Å². The van der Waals surface area contributed by atoms with Gasteiger partial charge in [0.2, 0.25) is 0 Å². The highest BCUT2D eigenvalue weighted by Crippen LogP contribution is 2.33. The summed E-state index contributed by atoms with van der Waals surface area (Å²) in [4.78, 5) is 13.0. The Kier molecular flexibility index (Phi) is 6.46. The molecule has 0 aromatic heterocycles. The van der Waals surface area contributed by atoms with Crippen LogP contribution in [0.4, 0.5) is 11.4 Å². The van der Waals surface area contributed by atoms with E-state index in [2.05, 4.69) is 12.2 Å². The number of unbranched alkanes of at least 4 members (excludes halogenated alkanes) is 1. The van der Waals surface area contributed by atoms with Crippen LogP contribution in [-0.4, -0.2) is 27.5 Å². The minimum absolute atomic E-state index is 0.190. The number of sulfonamides is 1. The van der Waals surface area contributed by atoms with Gasteiger partial charge in [-0.1, -0.05) is 43.7 Å². The first-order valence-electron chi connectivity index (χ1n) is 10.7. The number of hydrogen-bond donors (Lipinski definition) is 1. The van der Waals surface area contributed by atoms with Crippen molar-refractivity contribution in [3.05, 3.63) is 83.9 Å². The molecular formula is C25H26N2O4S. The van der Waals surface area contributed by atoms with Crippen molar-refractivity contribution in [1.29, 1.82) is 0 Å². The van der Waals surface area contributed by atoms with Crippen molar-refractivity contribution >= 4 is 27.3 Å². The third-order valence-corrected chi connectivity index (χ3v) is 7.26. The lowest BCUT2D eigenvalue weighted by atomic mass is 10.2. The van der Waals surface area contributed by atoms with Crippen LogP contribution in [0.5, 0.6) is 5.75 Å². The number of hydrogen-bond acceptors (Lipinski definition) is 4. The Balaban J connectivity index is 1.49. The largest absolute Gasteiger partial charge is 0.493 e. The summed E-state index contributed by atoms with van der Waals surface area (Å²) in [7, 11) is -3.67. The number of nitrogens with zero attached hydrogens (tertiary/aromatic N) is 1. The molecule has 4 rings (SSSR count). The Labute approximate surface area is 188 Å². The van der Waals surface area contributed by atoms with Gasteiger partial charge in [0.15, 0.2) is 0 Å². The van der Waals surface area contributed by atoms with Crippen molar-refractivity contribution in [2.24, 2.45) is 0 Å². The number of nitrogens with one attached hydrogen (secondary N) is 1. The Morgan fingerprint density at radius 1 is 1.00 bits per heavy atom. The summed E-state index contributed by atoms with van der Waals surface area (Å²) in [5, 5.41) is 2.83. The number of anilines is 2. The van der Waals surface area contributed by atoms with Crippen molar-refractivity contribution in [2.75, 3.05) is 22.8 Å². The molecule has 0 aliphatic carbocycles. The lowest BCUT2D eigenvalue weighted by Gasteiger charge is -2.19. The van der Waals surface area contributed by atoms with Crippen LogP contribution in [0.3, 0.4) is 0 Å². The van der Waals surface area contributed by atoms with Gasteiger partial charge >= 0.3 is 0 Å². The Bertz CT molecular complexity index is 1210. The highest BCUT2D eigenvalue weighted by atomic mass is 32.2. The van der Waals surface area contributed by atoms with E-state index in [1.54, 1.807) is 30.3 Å². The molecule has 0 bridgehead atoms. The molecule has 0 fully saturated rings. The monoisotopic (exact) mass is 450 g/mol. The molecule has 1 aliphatic heterocycles. The van der Waals surface area contributed by atoms with E-state index < -0.39 is 10.0 Å². The van der Waals surface area contributed by atoms with E-state index in [1.807, 2.05) is 30.3 Å². The normalized spacial score (nSPS) is 13.0. The Morgan fingerprint density at radius 3 is 2.50 bits per heavy atom. The van der Waals surface area contributed by atoms with Crippen molar-refractivity contribution in [3.8, 4) is 5.75 Å². The van der Waals surface area contributed by atoms with E-state index >= 15 is 0 Å². The van der Waals surface area contributed by atoms with Gasteiger partial charge in [0.05, 0.1) is 22.8 Å². The zero-order chi connectivity index (χ0) is 22.6. The maximum atomic E-state index is 13.1. The van der Waals surface area contributed by atoms with Crippen LogP contribution >= 0.6 is 0 Å². The zero-order valence-electron chi connectivity index (χ0n) is 18.0. The first-order valence-corrected chi connectivity index (χ1v) is 12.2. The number of fused-ring (bicyclic) bond motifs is 1. The minimum atomic E-state index is -3.67. The number of benzene rings is 3. The van der Waals surface area contributed by atoms with Crippen molar-refractivity contribution in [3.63, 3.8) is 0 Å². The molecule has 0 spiro atoms. The predicted molar refractivity (Wildman–Crippen MR) is 126 cm³/mol. The lowest BCUT2D eigenvalue weighted by molar-refractivity contribution is 0.102. The molecule has 1 N–H and O–H groups in total. The van der Waals surface area contributed by atoms with Gasteiger partial charge in [-0.25, -0.2) is 8.42 Å². The highest BCUT2D eigenvalue weighted by molar-refractivity contribution is 7.92. The smallest absolute Gasteiger partial charge is 0.264 e. The first-order chi connectivity index (χ1) is 15.5. The van der Waals surface area contributed by atoms with Crippen LogP contribution in [0.2, 0.25) is 0 Å². The molecule has 0 saturated heterocycles. The van der Waals surface area contributed by atoms with Crippen LogP contribution in [0.15, 0.2) is 77.7 Å². The maximum absolute atomic E-state index is 13.1. The molecule has 3 aromatic carbocycles. The van der Waals surface area contributed by atoms with E-state index in [9.17, 15) is 13.2 Å². The van der Waals surface area contributed by atoms with Gasteiger partial charge in [-0.05, 0) is 60.9 Å². The second-order valence-corrected chi connectivity index (χ2v) is 9.49. The minimum Gasteiger partial charge on any atom is -0.493 e. The molecule has 1 amide bonds. The summed E-state index contributed by atoms with van der Waals surface area (Å²) in [6.45, 7) is 3.05. The summed E-state index contributed by atoms with van der Waals surface area (Å²) in [6, 6.07) is 20.9. The van der Waals surface area contributed by atoms with Gasteiger partial charge in [0.25, 0.3) is 15.9 Å². The molecule has 1 aliphatic rings. The van der Waals surface area contributed by atoms with Crippen molar-refractivity contribution in [1.82, 2.24) is 0 Å². The van der Waals surface area contributed by atoms with Gasteiger partial charge in [-0.15, -0.1) is 0 Å². The number of para-hydroxylation sites is 2. The third kappa shape index (κ3) is 4.48. The quantitative estimate of drug-likeness (QED) is 0.497. The summed E-state index contributed by atoms with van der Waals surface area (Å²) in [5.74, 6) is 0.228. The number of amides is 1. The molecule has 0 saturated carbocycles. The van der Waals surface area contributed by atoms with Crippen molar-refractivity contribution in [2.45, 2.75) is 31.1 Å². The number of carbonyl (C=O) groups is 1. The zero-order valence-corrected chi connectivity index (χ0v) is 18.8. The van der Waals surface area contributed by atoms with Crippen LogP contribution in [0.25, 0.3) is 0 Å². The summed E-state index contributed by atoms with van der Waals surface area (Å²) >= 11 is 0. The molecule has 166 valence electrons. The van der Waals surface area contributed by atoms with E-state index in [0.717, 1.165) is 24.1 Å². The molecule has 0 atom stereocenters. The topological polar surface area (TPSA) is 75.7 Å². The lowest BCUT2D eigenvalue weighted by Crippen LogP contribution is -2.29. The average Bonchev–Trinajstić information content (AvgIpc) is 3.25. The SMILES string of the molecule is CCCCOc1ccccc1C(=O)Nc1ccc(S(=O)(=O)N2CCc3ccccc32)cc1. The fourth-order valence-corrected chi connectivity index (χ4v) is 5.20. The Morgan fingerprint density at radius 2 is 1.72 bits per heavy atom. The van der Waals surface area contributed by atoms with Gasteiger partial charge in [0, 0.05) is 12.2 Å². The molecule has 3 aromatic rings. The predicted octanol–water partition coefficient (Wildman–Crippen LogP) is 4.87. The number of carbonyl (C=O) groups excluding carboxylic acids is 1. The fraction of sp³-hybridized carbons (Fsp3) is 0.240. The van der Waals surface area contributed by atoms with E-state index in [0.29, 0.717) is 36.6 Å². The first kappa shape index (κ1) is 21.9. The summed E-state index contributed by atoms with van der Waals surface area (Å²) in [6.07, 6.45) is 2.61. The van der Waals surface area contributed by atoms with Gasteiger partial charge in [-0.3, -0.25) is 9.10 Å². The molecule has 0 radical (unpaired) electrons. The average molecular weight is 451 g/mol. The molecule has 7 heteroatoms. The third-order valence-electron chi connectivity index (χ3n) is 5.43. The summed E-state index contributed by atoms with van der Waals surface area (Å²) < 4.78 is 33.5. The molecule has 6 nitrogen and oxygen atoms in total. The van der Waals surface area contributed by atoms with E-state index in [-0.39, 0.29) is 10.8 Å². The van der Waals surface area contributed by atoms with E-state index in [4.69, 9.17) is 4.74 Å².